The second kappa shape index (κ2) is 7.44. The summed E-state index contributed by atoms with van der Waals surface area (Å²) in [6, 6.07) is 15.0. The number of thiophene rings is 1. The lowest BCUT2D eigenvalue weighted by atomic mass is 10.1. The molecule has 4 rings (SSSR count). The molecule has 28 heavy (non-hydrogen) atoms. The molecule has 0 aliphatic rings. The predicted octanol–water partition coefficient (Wildman–Crippen LogP) is 5.06. The Kier molecular flexibility index (Phi) is 4.83. The molecule has 0 aliphatic carbocycles. The molecule has 7 heteroatoms. The molecule has 0 amide bonds. The highest BCUT2D eigenvalue weighted by molar-refractivity contribution is 7.20. The molecular formula is C21H17FN2O3S. The van der Waals surface area contributed by atoms with Crippen LogP contribution in [0.3, 0.4) is 0 Å². The van der Waals surface area contributed by atoms with Crippen molar-refractivity contribution in [1.29, 1.82) is 0 Å². The number of rotatable bonds is 5. The first-order valence-corrected chi connectivity index (χ1v) is 9.55. The maximum absolute atomic E-state index is 14.2. The van der Waals surface area contributed by atoms with Gasteiger partial charge in [-0.25, -0.2) is 9.18 Å². The summed E-state index contributed by atoms with van der Waals surface area (Å²) in [4.78, 5) is 13.8. The summed E-state index contributed by atoms with van der Waals surface area (Å²) in [6.07, 6.45) is 0. The van der Waals surface area contributed by atoms with Gasteiger partial charge in [-0.2, -0.15) is 5.10 Å². The fourth-order valence-corrected chi connectivity index (χ4v) is 3.87. The monoisotopic (exact) mass is 396 g/mol. The summed E-state index contributed by atoms with van der Waals surface area (Å²) in [5.74, 6) is 0.320. The van der Waals surface area contributed by atoms with E-state index in [0.717, 1.165) is 10.2 Å². The first kappa shape index (κ1) is 18.2. The average molecular weight is 396 g/mol. The Bertz CT molecular complexity index is 1150. The molecule has 5 nitrogen and oxygen atoms in total. The van der Waals surface area contributed by atoms with Crippen molar-refractivity contribution in [2.75, 3.05) is 6.61 Å². The molecule has 0 aliphatic heterocycles. The van der Waals surface area contributed by atoms with Crippen molar-refractivity contribution >= 4 is 27.5 Å². The lowest BCUT2D eigenvalue weighted by Gasteiger charge is -2.05. The molecule has 0 unspecified atom stereocenters. The van der Waals surface area contributed by atoms with Gasteiger partial charge in [0.25, 0.3) is 0 Å². The molecule has 2 aromatic heterocycles. The number of aryl methyl sites for hydroxylation is 1. The van der Waals surface area contributed by atoms with Gasteiger partial charge in [0.1, 0.15) is 32.7 Å². The molecule has 0 saturated carbocycles. The Balaban J connectivity index is 1.63. The van der Waals surface area contributed by atoms with Gasteiger partial charge in [-0.15, -0.1) is 11.3 Å². The number of ether oxygens (including phenoxy) is 2. The minimum Gasteiger partial charge on any atom is -0.494 e. The van der Waals surface area contributed by atoms with Gasteiger partial charge < -0.3 is 9.47 Å². The quantitative estimate of drug-likeness (QED) is 0.350. The van der Waals surface area contributed by atoms with E-state index in [4.69, 9.17) is 9.47 Å². The summed E-state index contributed by atoms with van der Waals surface area (Å²) in [6.45, 7) is 2.47. The number of fused-ring (bicyclic) bond motifs is 1. The number of halogens is 1. The second-order valence-corrected chi connectivity index (χ2v) is 7.11. The van der Waals surface area contributed by atoms with E-state index in [1.807, 2.05) is 6.92 Å². The first-order valence-electron chi connectivity index (χ1n) is 8.73. The number of hydrogen-bond acceptors (Lipinski definition) is 5. The third kappa shape index (κ3) is 3.36. The highest BCUT2D eigenvalue weighted by Gasteiger charge is 2.20. The number of carbonyl (C=O) groups is 1. The standard InChI is InChI=1S/C21H17FN2O3S/c1-3-26-13-8-10-14(11-9-13)27-21(25)18-12-16-19(23-24(2)20(16)28-18)15-6-4-5-7-17(15)22/h4-12H,3H2,1-2H3. The van der Waals surface area contributed by atoms with Gasteiger partial charge in [0.15, 0.2) is 0 Å². The summed E-state index contributed by atoms with van der Waals surface area (Å²) in [5.41, 5.74) is 0.907. The maximum Gasteiger partial charge on any atom is 0.353 e. The zero-order valence-electron chi connectivity index (χ0n) is 15.3. The first-order chi connectivity index (χ1) is 13.6. The average Bonchev–Trinajstić information content (AvgIpc) is 3.25. The van der Waals surface area contributed by atoms with E-state index in [1.54, 1.807) is 60.3 Å². The fraction of sp³-hybridized carbons (Fsp3) is 0.143. The third-order valence-corrected chi connectivity index (χ3v) is 5.37. The van der Waals surface area contributed by atoms with E-state index < -0.39 is 5.97 Å². The molecule has 0 radical (unpaired) electrons. The zero-order chi connectivity index (χ0) is 19.7. The number of nitrogens with zero attached hydrogens (tertiary/aromatic N) is 2. The van der Waals surface area contributed by atoms with Crippen LogP contribution in [0.25, 0.3) is 21.5 Å². The molecule has 2 heterocycles. The summed E-state index contributed by atoms with van der Waals surface area (Å²) >= 11 is 1.26. The highest BCUT2D eigenvalue weighted by Crippen LogP contribution is 2.35. The molecular weight excluding hydrogens is 379 g/mol. The molecule has 0 spiro atoms. The Hall–Kier alpha value is -3.19. The molecule has 142 valence electrons. The Morgan fingerprint density at radius 3 is 2.57 bits per heavy atom. The van der Waals surface area contributed by atoms with Crippen LogP contribution in [0.4, 0.5) is 4.39 Å². The van der Waals surface area contributed by atoms with Crippen molar-refractivity contribution in [3.05, 3.63) is 65.3 Å². The van der Waals surface area contributed by atoms with Crippen LogP contribution in [-0.2, 0) is 7.05 Å². The number of carbonyl (C=O) groups excluding carboxylic acids is 1. The number of hydrogen-bond donors (Lipinski definition) is 0. The molecule has 0 saturated heterocycles. The van der Waals surface area contributed by atoms with E-state index in [-0.39, 0.29) is 5.82 Å². The molecule has 2 aromatic carbocycles. The van der Waals surface area contributed by atoms with E-state index in [0.29, 0.717) is 34.2 Å². The minimum atomic E-state index is -0.468. The van der Waals surface area contributed by atoms with Gasteiger partial charge in [0, 0.05) is 18.0 Å². The van der Waals surface area contributed by atoms with Crippen LogP contribution in [-0.4, -0.2) is 22.4 Å². The van der Waals surface area contributed by atoms with Gasteiger partial charge in [-0.1, -0.05) is 12.1 Å². The molecule has 0 atom stereocenters. The van der Waals surface area contributed by atoms with E-state index in [2.05, 4.69) is 5.10 Å². The van der Waals surface area contributed by atoms with Crippen molar-refractivity contribution in [3.63, 3.8) is 0 Å². The van der Waals surface area contributed by atoms with Gasteiger partial charge in [-0.3, -0.25) is 4.68 Å². The number of esters is 1. The smallest absolute Gasteiger partial charge is 0.353 e. The van der Waals surface area contributed by atoms with Crippen LogP contribution in [0.2, 0.25) is 0 Å². The van der Waals surface area contributed by atoms with Gasteiger partial charge in [0.2, 0.25) is 0 Å². The van der Waals surface area contributed by atoms with E-state index >= 15 is 0 Å². The molecule has 0 bridgehead atoms. The summed E-state index contributed by atoms with van der Waals surface area (Å²) in [7, 11) is 1.77. The van der Waals surface area contributed by atoms with Gasteiger partial charge in [-0.05, 0) is 49.4 Å². The Morgan fingerprint density at radius 1 is 1.14 bits per heavy atom. The van der Waals surface area contributed by atoms with Gasteiger partial charge in [0.05, 0.1) is 6.61 Å². The minimum absolute atomic E-state index is 0.354. The highest BCUT2D eigenvalue weighted by atomic mass is 32.1. The lowest BCUT2D eigenvalue weighted by molar-refractivity contribution is 0.0739. The third-order valence-electron chi connectivity index (χ3n) is 4.19. The van der Waals surface area contributed by atoms with Crippen molar-refractivity contribution in [2.24, 2.45) is 7.05 Å². The second-order valence-electron chi connectivity index (χ2n) is 6.08. The Labute approximate surface area is 164 Å². The van der Waals surface area contributed by atoms with Crippen molar-refractivity contribution < 1.29 is 18.7 Å². The number of aromatic nitrogens is 2. The van der Waals surface area contributed by atoms with Crippen LogP contribution in [0.1, 0.15) is 16.6 Å². The molecule has 0 N–H and O–H groups in total. The predicted molar refractivity (Wildman–Crippen MR) is 107 cm³/mol. The lowest BCUT2D eigenvalue weighted by Crippen LogP contribution is -2.06. The summed E-state index contributed by atoms with van der Waals surface area (Å²) < 4.78 is 26.7. The van der Waals surface area contributed by atoms with E-state index in [9.17, 15) is 9.18 Å². The van der Waals surface area contributed by atoms with Crippen LogP contribution in [0, 0.1) is 5.82 Å². The van der Waals surface area contributed by atoms with Gasteiger partial charge >= 0.3 is 5.97 Å². The maximum atomic E-state index is 14.2. The molecule has 4 aromatic rings. The topological polar surface area (TPSA) is 53.4 Å². The van der Waals surface area contributed by atoms with Crippen LogP contribution >= 0.6 is 11.3 Å². The SMILES string of the molecule is CCOc1ccc(OC(=O)c2cc3c(-c4ccccc4F)nn(C)c3s2)cc1. The van der Waals surface area contributed by atoms with Crippen LogP contribution in [0.5, 0.6) is 11.5 Å². The van der Waals surface area contributed by atoms with Crippen molar-refractivity contribution in [3.8, 4) is 22.8 Å². The van der Waals surface area contributed by atoms with Crippen molar-refractivity contribution in [1.82, 2.24) is 9.78 Å². The van der Waals surface area contributed by atoms with E-state index in [1.165, 1.54) is 17.4 Å². The zero-order valence-corrected chi connectivity index (χ0v) is 16.1. The van der Waals surface area contributed by atoms with Crippen LogP contribution < -0.4 is 9.47 Å². The largest absolute Gasteiger partial charge is 0.494 e. The summed E-state index contributed by atoms with van der Waals surface area (Å²) in [5, 5.41) is 5.13. The van der Waals surface area contributed by atoms with Crippen LogP contribution in [0.15, 0.2) is 54.6 Å². The van der Waals surface area contributed by atoms with Crippen molar-refractivity contribution in [2.45, 2.75) is 6.92 Å². The molecule has 0 fully saturated rings. The fourth-order valence-electron chi connectivity index (χ4n) is 2.92. The Morgan fingerprint density at radius 2 is 1.86 bits per heavy atom. The number of benzene rings is 2. The normalized spacial score (nSPS) is 11.0.